The van der Waals surface area contributed by atoms with Gasteiger partial charge >= 0.3 is 0 Å². The van der Waals surface area contributed by atoms with Gasteiger partial charge in [-0.1, -0.05) is 43.7 Å². The van der Waals surface area contributed by atoms with Crippen molar-refractivity contribution in [2.75, 3.05) is 31.7 Å². The van der Waals surface area contributed by atoms with Gasteiger partial charge in [0.25, 0.3) is 5.91 Å². The molecule has 8 heteroatoms. The quantitative estimate of drug-likeness (QED) is 0.405. The number of piperidine rings is 1. The summed E-state index contributed by atoms with van der Waals surface area (Å²) in [7, 11) is 1.59. The largest absolute Gasteiger partial charge is 0.493 e. The molecule has 0 aliphatic carbocycles. The van der Waals surface area contributed by atoms with Crippen LogP contribution in [-0.2, 0) is 22.7 Å². The molecule has 3 aromatic rings. The third kappa shape index (κ3) is 6.88. The first kappa shape index (κ1) is 28.6. The molecule has 216 valence electrons. The molecule has 1 saturated heterocycles. The van der Waals surface area contributed by atoms with E-state index in [2.05, 4.69) is 22.0 Å². The van der Waals surface area contributed by atoms with Crippen LogP contribution in [-0.4, -0.2) is 65.5 Å². The van der Waals surface area contributed by atoms with E-state index in [9.17, 15) is 9.59 Å². The number of carbonyl (C=O) groups is 2. The summed E-state index contributed by atoms with van der Waals surface area (Å²) < 4.78 is 11.4. The molecular weight excluding hydrogens is 516 g/mol. The summed E-state index contributed by atoms with van der Waals surface area (Å²) in [4.78, 5) is 37.7. The minimum atomic E-state index is -0.0966. The molecule has 0 radical (unpaired) electrons. The van der Waals surface area contributed by atoms with Crippen molar-refractivity contribution in [1.82, 2.24) is 14.8 Å². The second-order valence-corrected chi connectivity index (χ2v) is 10.8. The van der Waals surface area contributed by atoms with E-state index in [1.54, 1.807) is 7.11 Å². The lowest BCUT2D eigenvalue weighted by atomic mass is 9.92. The topological polar surface area (TPSA) is 75.2 Å². The van der Waals surface area contributed by atoms with Gasteiger partial charge in [-0.3, -0.25) is 19.5 Å². The lowest BCUT2D eigenvalue weighted by Gasteiger charge is -2.44. The van der Waals surface area contributed by atoms with Gasteiger partial charge in [-0.15, -0.1) is 0 Å². The molecule has 2 unspecified atom stereocenters. The van der Waals surface area contributed by atoms with Crippen molar-refractivity contribution in [2.45, 2.75) is 64.2 Å². The van der Waals surface area contributed by atoms with Crippen LogP contribution in [0.2, 0.25) is 0 Å². The highest BCUT2D eigenvalue weighted by atomic mass is 16.5. The normalized spacial score (nSPS) is 19.6. The average molecular weight is 557 g/mol. The predicted octanol–water partition coefficient (Wildman–Crippen LogP) is 5.07. The Bertz CT molecular complexity index is 1320. The molecular formula is C33H40N4O4. The standard InChI is InChI=1S/C33H40N4O4/c1-3-32(38)36-20-17-27-10-8-11-28(37(27)21-25-15-18-34-19-16-25)23-35(22-26-9-4-5-12-29(26)36)33(39)24-41-31-14-7-6-13-30(31)40-2/h4-7,9,12-16,18-19,27-28H,3,8,10-11,17,20-24H2,1-2H3. The van der Waals surface area contributed by atoms with E-state index in [0.717, 1.165) is 43.5 Å². The molecule has 2 amide bonds. The Kier molecular flexibility index (Phi) is 9.51. The number of ether oxygens (including phenoxy) is 2. The van der Waals surface area contributed by atoms with Gasteiger partial charge in [-0.05, 0) is 60.7 Å². The molecule has 3 heterocycles. The van der Waals surface area contributed by atoms with E-state index in [0.29, 0.717) is 43.6 Å². The van der Waals surface area contributed by atoms with Gasteiger partial charge in [0.1, 0.15) is 0 Å². The number of rotatable bonds is 7. The Morgan fingerprint density at radius 2 is 1.63 bits per heavy atom. The van der Waals surface area contributed by atoms with Crippen molar-refractivity contribution in [1.29, 1.82) is 0 Å². The summed E-state index contributed by atoms with van der Waals surface area (Å²) in [5.74, 6) is 1.14. The molecule has 2 atom stereocenters. The number of hydrogen-bond acceptors (Lipinski definition) is 6. The van der Waals surface area contributed by atoms with Crippen LogP contribution in [0.1, 0.15) is 50.2 Å². The van der Waals surface area contributed by atoms with Crippen LogP contribution in [0.5, 0.6) is 11.5 Å². The van der Waals surface area contributed by atoms with Gasteiger partial charge in [-0.2, -0.15) is 0 Å². The van der Waals surface area contributed by atoms with Crippen LogP contribution in [0.3, 0.4) is 0 Å². The second-order valence-electron chi connectivity index (χ2n) is 10.8. The first-order valence-corrected chi connectivity index (χ1v) is 14.6. The zero-order valence-electron chi connectivity index (χ0n) is 24.1. The summed E-state index contributed by atoms with van der Waals surface area (Å²) >= 11 is 0. The average Bonchev–Trinajstić information content (AvgIpc) is 3.02. The second kappa shape index (κ2) is 13.6. The minimum absolute atomic E-state index is 0.0932. The maximum atomic E-state index is 13.9. The van der Waals surface area contributed by atoms with Gasteiger partial charge in [0.2, 0.25) is 5.91 Å². The Labute approximate surface area is 242 Å². The number of anilines is 1. The van der Waals surface area contributed by atoms with E-state index in [1.165, 1.54) is 5.56 Å². The fourth-order valence-electron chi connectivity index (χ4n) is 6.12. The zero-order chi connectivity index (χ0) is 28.6. The first-order chi connectivity index (χ1) is 20.1. The highest BCUT2D eigenvalue weighted by molar-refractivity contribution is 5.94. The molecule has 0 spiro atoms. The number of methoxy groups -OCH3 is 1. The fraction of sp³-hybridized carbons (Fsp3) is 0.424. The number of carbonyl (C=O) groups excluding carboxylic acids is 2. The number of nitrogens with zero attached hydrogens (tertiary/aromatic N) is 4. The van der Waals surface area contributed by atoms with E-state index in [1.807, 2.05) is 77.6 Å². The van der Waals surface area contributed by atoms with Crippen molar-refractivity contribution in [3.63, 3.8) is 0 Å². The molecule has 1 aromatic heterocycles. The lowest BCUT2D eigenvalue weighted by Crippen LogP contribution is -2.52. The summed E-state index contributed by atoms with van der Waals surface area (Å²) in [5.41, 5.74) is 3.06. The SMILES string of the molecule is CCC(=O)N1CCC2CCCC(CN(C(=O)COc3ccccc3OC)Cc3ccccc31)N2Cc1ccncc1. The molecule has 2 aromatic carbocycles. The number of benzene rings is 2. The number of pyridine rings is 1. The maximum Gasteiger partial charge on any atom is 0.260 e. The molecule has 2 aliphatic heterocycles. The van der Waals surface area contributed by atoms with Gasteiger partial charge in [0.15, 0.2) is 18.1 Å². The summed E-state index contributed by atoms with van der Waals surface area (Å²) in [6.45, 7) is 4.24. The van der Waals surface area contributed by atoms with E-state index in [-0.39, 0.29) is 24.5 Å². The molecule has 2 aliphatic rings. The molecule has 2 bridgehead atoms. The Morgan fingerprint density at radius 1 is 0.902 bits per heavy atom. The predicted molar refractivity (Wildman–Crippen MR) is 159 cm³/mol. The van der Waals surface area contributed by atoms with Gasteiger partial charge in [0.05, 0.1) is 7.11 Å². The zero-order valence-corrected chi connectivity index (χ0v) is 24.1. The van der Waals surface area contributed by atoms with Crippen molar-refractivity contribution in [2.24, 2.45) is 0 Å². The van der Waals surface area contributed by atoms with E-state index < -0.39 is 0 Å². The Balaban J connectivity index is 1.48. The molecule has 41 heavy (non-hydrogen) atoms. The van der Waals surface area contributed by atoms with Crippen LogP contribution in [0.4, 0.5) is 5.69 Å². The van der Waals surface area contributed by atoms with Gasteiger partial charge in [-0.25, -0.2) is 0 Å². The molecule has 8 nitrogen and oxygen atoms in total. The van der Waals surface area contributed by atoms with Crippen molar-refractivity contribution < 1.29 is 19.1 Å². The fourth-order valence-corrected chi connectivity index (χ4v) is 6.12. The van der Waals surface area contributed by atoms with Crippen LogP contribution >= 0.6 is 0 Å². The van der Waals surface area contributed by atoms with Crippen LogP contribution in [0, 0.1) is 0 Å². The van der Waals surface area contributed by atoms with Crippen LogP contribution < -0.4 is 14.4 Å². The van der Waals surface area contributed by atoms with Crippen molar-refractivity contribution >= 4 is 17.5 Å². The third-order valence-electron chi connectivity index (χ3n) is 8.26. The Morgan fingerprint density at radius 3 is 2.41 bits per heavy atom. The summed E-state index contributed by atoms with van der Waals surface area (Å²) in [5, 5.41) is 0. The van der Waals surface area contributed by atoms with Crippen molar-refractivity contribution in [3.05, 3.63) is 84.2 Å². The summed E-state index contributed by atoms with van der Waals surface area (Å²) in [6, 6.07) is 20.0. The smallest absolute Gasteiger partial charge is 0.260 e. The third-order valence-corrected chi connectivity index (χ3v) is 8.26. The Hall–Kier alpha value is -3.91. The number of aromatic nitrogens is 1. The molecule has 0 saturated carbocycles. The monoisotopic (exact) mass is 556 g/mol. The highest BCUT2D eigenvalue weighted by Gasteiger charge is 2.35. The number of para-hydroxylation sites is 3. The summed E-state index contributed by atoms with van der Waals surface area (Å²) in [6.07, 6.45) is 8.16. The van der Waals surface area contributed by atoms with E-state index in [4.69, 9.17) is 9.47 Å². The number of fused-ring (bicyclic) bond motifs is 3. The molecule has 0 N–H and O–H groups in total. The highest BCUT2D eigenvalue weighted by Crippen LogP contribution is 2.32. The van der Waals surface area contributed by atoms with Gasteiger partial charge in [0, 0.05) is 62.8 Å². The molecule has 1 fully saturated rings. The number of amides is 2. The number of hydrogen-bond donors (Lipinski definition) is 0. The van der Waals surface area contributed by atoms with Gasteiger partial charge < -0.3 is 19.3 Å². The van der Waals surface area contributed by atoms with Crippen LogP contribution in [0.15, 0.2) is 73.1 Å². The minimum Gasteiger partial charge on any atom is -0.493 e. The lowest BCUT2D eigenvalue weighted by molar-refractivity contribution is -0.135. The molecule has 5 rings (SSSR count). The van der Waals surface area contributed by atoms with Crippen molar-refractivity contribution in [3.8, 4) is 11.5 Å². The van der Waals surface area contributed by atoms with E-state index >= 15 is 0 Å². The first-order valence-electron chi connectivity index (χ1n) is 14.6. The maximum absolute atomic E-state index is 13.9. The van der Waals surface area contributed by atoms with Crippen LogP contribution in [0.25, 0.3) is 0 Å².